The first kappa shape index (κ1) is 18.0. The van der Waals surface area contributed by atoms with Crippen molar-refractivity contribution in [1.29, 1.82) is 0 Å². The van der Waals surface area contributed by atoms with Gasteiger partial charge >= 0.3 is 6.09 Å². The van der Waals surface area contributed by atoms with Gasteiger partial charge in [0.05, 0.1) is 6.04 Å². The molecule has 0 saturated carbocycles. The first-order valence-electron chi connectivity index (χ1n) is 8.80. The van der Waals surface area contributed by atoms with Crippen molar-refractivity contribution in [2.75, 3.05) is 13.2 Å². The monoisotopic (exact) mass is 353 g/mol. The van der Waals surface area contributed by atoms with E-state index in [9.17, 15) is 9.59 Å². The minimum atomic E-state index is -0.602. The summed E-state index contributed by atoms with van der Waals surface area (Å²) in [5.74, 6) is 0.653. The molecule has 5 heteroatoms. The Bertz CT molecular complexity index is 755. The zero-order chi connectivity index (χ0) is 18.5. The van der Waals surface area contributed by atoms with Gasteiger partial charge in [-0.25, -0.2) is 9.69 Å². The highest BCUT2D eigenvalue weighted by molar-refractivity contribution is 5.94. The summed E-state index contributed by atoms with van der Waals surface area (Å²) in [5, 5.41) is 0. The molecule has 0 aromatic heterocycles. The van der Waals surface area contributed by atoms with Crippen LogP contribution in [0.3, 0.4) is 0 Å². The Kier molecular flexibility index (Phi) is 5.56. The van der Waals surface area contributed by atoms with Crippen molar-refractivity contribution in [3.05, 3.63) is 65.7 Å². The van der Waals surface area contributed by atoms with Gasteiger partial charge in [-0.2, -0.15) is 0 Å². The molecule has 0 bridgehead atoms. The Hall–Kier alpha value is -2.82. The minimum Gasteiger partial charge on any atom is -0.484 e. The van der Waals surface area contributed by atoms with Crippen molar-refractivity contribution in [3.8, 4) is 5.75 Å². The number of imide groups is 1. The van der Waals surface area contributed by atoms with Crippen LogP contribution in [0.15, 0.2) is 54.6 Å². The molecule has 3 rings (SSSR count). The Morgan fingerprint density at radius 1 is 1.15 bits per heavy atom. The molecule has 2 amide bonds. The highest BCUT2D eigenvalue weighted by Crippen LogP contribution is 2.20. The third-order valence-electron chi connectivity index (χ3n) is 4.45. The molecule has 0 unspecified atom stereocenters. The highest BCUT2D eigenvalue weighted by Gasteiger charge is 2.37. The summed E-state index contributed by atoms with van der Waals surface area (Å²) in [6.45, 7) is 4.25. The van der Waals surface area contributed by atoms with E-state index in [2.05, 4.69) is 13.8 Å². The summed E-state index contributed by atoms with van der Waals surface area (Å²) in [6.07, 6.45) is -0.0313. The van der Waals surface area contributed by atoms with Gasteiger partial charge in [0.2, 0.25) is 0 Å². The lowest BCUT2D eigenvalue weighted by molar-refractivity contribution is -0.131. The third kappa shape index (κ3) is 4.23. The summed E-state index contributed by atoms with van der Waals surface area (Å²) >= 11 is 0. The molecule has 5 nitrogen and oxygen atoms in total. The summed E-state index contributed by atoms with van der Waals surface area (Å²) < 4.78 is 10.6. The normalized spacial score (nSPS) is 16.7. The molecule has 1 heterocycles. The number of rotatable bonds is 6. The van der Waals surface area contributed by atoms with Gasteiger partial charge in [-0.1, -0.05) is 56.3 Å². The number of ether oxygens (including phenoxy) is 2. The maximum absolute atomic E-state index is 12.5. The molecular formula is C21H23NO4. The van der Waals surface area contributed by atoms with Crippen LogP contribution in [0.4, 0.5) is 4.79 Å². The van der Waals surface area contributed by atoms with Crippen LogP contribution in [0.1, 0.15) is 30.9 Å². The number of carbonyl (C=O) groups is 2. The topological polar surface area (TPSA) is 55.8 Å². The molecule has 136 valence electrons. The van der Waals surface area contributed by atoms with E-state index in [-0.39, 0.29) is 25.2 Å². The Labute approximate surface area is 153 Å². The van der Waals surface area contributed by atoms with Crippen molar-refractivity contribution in [3.63, 3.8) is 0 Å². The Morgan fingerprint density at radius 3 is 2.50 bits per heavy atom. The molecule has 1 aliphatic rings. The number of hydrogen-bond acceptors (Lipinski definition) is 4. The minimum absolute atomic E-state index is 0.193. The maximum Gasteiger partial charge on any atom is 0.417 e. The second-order valence-electron chi connectivity index (χ2n) is 6.70. The van der Waals surface area contributed by atoms with Crippen LogP contribution in [0, 0.1) is 0 Å². The highest BCUT2D eigenvalue weighted by atomic mass is 16.6. The van der Waals surface area contributed by atoms with E-state index in [4.69, 9.17) is 9.47 Å². The van der Waals surface area contributed by atoms with Crippen LogP contribution < -0.4 is 4.74 Å². The molecule has 1 atom stereocenters. The molecule has 1 aliphatic heterocycles. The fourth-order valence-corrected chi connectivity index (χ4v) is 2.97. The van der Waals surface area contributed by atoms with Gasteiger partial charge in [-0.15, -0.1) is 0 Å². The number of benzene rings is 2. The molecule has 0 radical (unpaired) electrons. The van der Waals surface area contributed by atoms with E-state index in [1.54, 1.807) is 0 Å². The summed E-state index contributed by atoms with van der Waals surface area (Å²) in [4.78, 5) is 25.7. The van der Waals surface area contributed by atoms with Crippen LogP contribution in [-0.4, -0.2) is 36.2 Å². The van der Waals surface area contributed by atoms with Gasteiger partial charge < -0.3 is 9.47 Å². The standard InChI is InChI=1S/C21H23NO4/c1-15(2)17-8-10-19(11-9-17)25-14-20(23)22-18(13-26-21(22)24)12-16-6-4-3-5-7-16/h3-11,15,18H,12-14H2,1-2H3/t18-/m0/s1. The van der Waals surface area contributed by atoms with Gasteiger partial charge in [-0.3, -0.25) is 4.79 Å². The van der Waals surface area contributed by atoms with E-state index < -0.39 is 6.09 Å². The molecule has 0 aliphatic carbocycles. The number of hydrogen-bond donors (Lipinski definition) is 0. The Balaban J connectivity index is 1.60. The van der Waals surface area contributed by atoms with Crippen molar-refractivity contribution >= 4 is 12.0 Å². The molecule has 1 fully saturated rings. The van der Waals surface area contributed by atoms with Gasteiger partial charge in [0.25, 0.3) is 5.91 Å². The second-order valence-corrected chi connectivity index (χ2v) is 6.70. The van der Waals surface area contributed by atoms with Gasteiger partial charge in [0.1, 0.15) is 12.4 Å². The first-order valence-corrected chi connectivity index (χ1v) is 8.80. The average Bonchev–Trinajstić information content (AvgIpc) is 3.01. The van der Waals surface area contributed by atoms with E-state index in [1.807, 2.05) is 54.6 Å². The lowest BCUT2D eigenvalue weighted by Crippen LogP contribution is -2.42. The zero-order valence-corrected chi connectivity index (χ0v) is 15.1. The molecular weight excluding hydrogens is 330 g/mol. The van der Waals surface area contributed by atoms with Crippen molar-refractivity contribution < 1.29 is 19.1 Å². The summed E-state index contributed by atoms with van der Waals surface area (Å²) in [5.41, 5.74) is 2.26. The second kappa shape index (κ2) is 8.04. The maximum atomic E-state index is 12.5. The van der Waals surface area contributed by atoms with Gasteiger partial charge in [0.15, 0.2) is 6.61 Å². The van der Waals surface area contributed by atoms with Crippen LogP contribution in [0.5, 0.6) is 5.75 Å². The largest absolute Gasteiger partial charge is 0.484 e. The van der Waals surface area contributed by atoms with Gasteiger partial charge in [-0.05, 0) is 35.6 Å². The molecule has 2 aromatic rings. The Morgan fingerprint density at radius 2 is 1.85 bits per heavy atom. The number of amides is 2. The predicted octanol–water partition coefficient (Wildman–Crippen LogP) is 3.78. The summed E-state index contributed by atoms with van der Waals surface area (Å²) in [6, 6.07) is 17.1. The fourth-order valence-electron chi connectivity index (χ4n) is 2.97. The SMILES string of the molecule is CC(C)c1ccc(OCC(=O)N2C(=O)OC[C@@H]2Cc2ccccc2)cc1. The lowest BCUT2D eigenvalue weighted by atomic mass is 10.0. The molecule has 26 heavy (non-hydrogen) atoms. The fraction of sp³-hybridized carbons (Fsp3) is 0.333. The van der Waals surface area contributed by atoms with Crippen molar-refractivity contribution in [1.82, 2.24) is 4.90 Å². The number of nitrogens with zero attached hydrogens (tertiary/aromatic N) is 1. The first-order chi connectivity index (χ1) is 12.5. The van der Waals surface area contributed by atoms with Crippen LogP contribution in [0.2, 0.25) is 0 Å². The number of carbonyl (C=O) groups excluding carboxylic acids is 2. The van der Waals surface area contributed by atoms with Gasteiger partial charge in [0, 0.05) is 0 Å². The van der Waals surface area contributed by atoms with E-state index in [0.29, 0.717) is 18.1 Å². The molecule has 1 saturated heterocycles. The predicted molar refractivity (Wildman–Crippen MR) is 98.2 cm³/mol. The lowest BCUT2D eigenvalue weighted by Gasteiger charge is -2.20. The smallest absolute Gasteiger partial charge is 0.417 e. The molecule has 0 N–H and O–H groups in total. The zero-order valence-electron chi connectivity index (χ0n) is 15.1. The van der Waals surface area contributed by atoms with E-state index in [0.717, 1.165) is 5.56 Å². The van der Waals surface area contributed by atoms with Crippen molar-refractivity contribution in [2.24, 2.45) is 0 Å². The van der Waals surface area contributed by atoms with Crippen molar-refractivity contribution in [2.45, 2.75) is 32.2 Å². The van der Waals surface area contributed by atoms with Crippen LogP contribution in [0.25, 0.3) is 0 Å². The molecule has 2 aromatic carbocycles. The van der Waals surface area contributed by atoms with Crippen LogP contribution >= 0.6 is 0 Å². The molecule has 0 spiro atoms. The van der Waals surface area contributed by atoms with E-state index in [1.165, 1.54) is 10.5 Å². The van der Waals surface area contributed by atoms with E-state index >= 15 is 0 Å². The number of cyclic esters (lactones) is 1. The summed E-state index contributed by atoms with van der Waals surface area (Å²) in [7, 11) is 0. The average molecular weight is 353 g/mol. The third-order valence-corrected chi connectivity index (χ3v) is 4.45. The van der Waals surface area contributed by atoms with Crippen LogP contribution in [-0.2, 0) is 16.0 Å². The quantitative estimate of drug-likeness (QED) is 0.793.